The van der Waals surface area contributed by atoms with E-state index in [1.807, 2.05) is 12.1 Å². The number of carboxylic acids is 1. The summed E-state index contributed by atoms with van der Waals surface area (Å²) in [5, 5.41) is 9.08. The van der Waals surface area contributed by atoms with Gasteiger partial charge in [0.15, 0.2) is 0 Å². The van der Waals surface area contributed by atoms with Crippen molar-refractivity contribution in [1.82, 2.24) is 0 Å². The van der Waals surface area contributed by atoms with Crippen LogP contribution in [0.2, 0.25) is 0 Å². The molecule has 1 rings (SSSR count). The summed E-state index contributed by atoms with van der Waals surface area (Å²) in [7, 11) is 1.67. The molecule has 3 nitrogen and oxygen atoms in total. The topological polar surface area (TPSA) is 46.5 Å². The molecular formula is C17H26O3. The van der Waals surface area contributed by atoms with Crippen LogP contribution >= 0.6 is 0 Å². The summed E-state index contributed by atoms with van der Waals surface area (Å²) in [6.07, 6.45) is 2.06. The van der Waals surface area contributed by atoms with E-state index in [-0.39, 0.29) is 17.8 Å². The third kappa shape index (κ3) is 4.26. The maximum Gasteiger partial charge on any atom is 0.303 e. The molecule has 0 aliphatic rings. The second kappa shape index (κ2) is 6.78. The van der Waals surface area contributed by atoms with Crippen LogP contribution in [-0.2, 0) is 10.2 Å². The van der Waals surface area contributed by atoms with E-state index in [1.54, 1.807) is 7.11 Å². The van der Waals surface area contributed by atoms with E-state index < -0.39 is 5.97 Å². The van der Waals surface area contributed by atoms with Crippen LogP contribution in [-0.4, -0.2) is 18.2 Å². The van der Waals surface area contributed by atoms with Gasteiger partial charge in [0.05, 0.1) is 13.5 Å². The molecular weight excluding hydrogens is 252 g/mol. The summed E-state index contributed by atoms with van der Waals surface area (Å²) in [5.74, 6) is 0.202. The second-order valence-electron chi connectivity index (χ2n) is 6.29. The van der Waals surface area contributed by atoms with E-state index in [9.17, 15) is 4.79 Å². The summed E-state index contributed by atoms with van der Waals surface area (Å²) in [6, 6.07) is 6.07. The molecule has 1 unspecified atom stereocenters. The number of ether oxygens (including phenoxy) is 1. The fraction of sp³-hybridized carbons (Fsp3) is 0.588. The first-order valence-electron chi connectivity index (χ1n) is 7.19. The van der Waals surface area contributed by atoms with Crippen molar-refractivity contribution >= 4 is 5.97 Å². The van der Waals surface area contributed by atoms with Gasteiger partial charge in [0.1, 0.15) is 5.75 Å². The molecule has 1 atom stereocenters. The smallest absolute Gasteiger partial charge is 0.303 e. The molecule has 1 aromatic rings. The first kappa shape index (κ1) is 16.5. The van der Waals surface area contributed by atoms with Gasteiger partial charge >= 0.3 is 5.97 Å². The van der Waals surface area contributed by atoms with Gasteiger partial charge in [-0.2, -0.15) is 0 Å². The van der Waals surface area contributed by atoms with Gasteiger partial charge < -0.3 is 9.84 Å². The maximum atomic E-state index is 11.0. The van der Waals surface area contributed by atoms with Crippen LogP contribution in [0.1, 0.15) is 64.0 Å². The monoisotopic (exact) mass is 278 g/mol. The van der Waals surface area contributed by atoms with Crippen LogP contribution in [0.4, 0.5) is 0 Å². The van der Waals surface area contributed by atoms with Crippen molar-refractivity contribution in [2.45, 2.75) is 58.3 Å². The summed E-state index contributed by atoms with van der Waals surface area (Å²) in [6.45, 7) is 8.50. The molecule has 0 saturated heterocycles. The molecule has 0 amide bonds. The van der Waals surface area contributed by atoms with E-state index in [0.717, 1.165) is 29.7 Å². The van der Waals surface area contributed by atoms with E-state index in [0.29, 0.717) is 0 Å². The van der Waals surface area contributed by atoms with Crippen molar-refractivity contribution in [3.63, 3.8) is 0 Å². The number of carbonyl (C=O) groups is 1. The first-order chi connectivity index (χ1) is 9.29. The lowest BCUT2D eigenvalue weighted by Crippen LogP contribution is -2.14. The Morgan fingerprint density at radius 2 is 2.00 bits per heavy atom. The van der Waals surface area contributed by atoms with Crippen molar-refractivity contribution in [2.75, 3.05) is 7.11 Å². The second-order valence-corrected chi connectivity index (χ2v) is 6.29. The average Bonchev–Trinajstić information content (AvgIpc) is 2.36. The summed E-state index contributed by atoms with van der Waals surface area (Å²) in [5.41, 5.74) is 2.20. The number of hydrogen-bond acceptors (Lipinski definition) is 2. The Bertz CT molecular complexity index is 458. The molecule has 0 aliphatic heterocycles. The van der Waals surface area contributed by atoms with Crippen molar-refractivity contribution in [3.05, 3.63) is 29.3 Å². The van der Waals surface area contributed by atoms with Crippen LogP contribution in [0, 0.1) is 0 Å². The Morgan fingerprint density at radius 1 is 1.35 bits per heavy atom. The fourth-order valence-electron chi connectivity index (χ4n) is 2.51. The van der Waals surface area contributed by atoms with Crippen molar-refractivity contribution in [2.24, 2.45) is 0 Å². The molecule has 112 valence electrons. The van der Waals surface area contributed by atoms with Gasteiger partial charge in [-0.05, 0) is 34.9 Å². The first-order valence-corrected chi connectivity index (χ1v) is 7.19. The highest BCUT2D eigenvalue weighted by molar-refractivity contribution is 5.68. The Labute approximate surface area is 122 Å². The molecule has 0 bridgehead atoms. The zero-order chi connectivity index (χ0) is 15.3. The Hall–Kier alpha value is -1.51. The molecule has 0 aliphatic carbocycles. The van der Waals surface area contributed by atoms with E-state index in [2.05, 4.69) is 33.8 Å². The minimum atomic E-state index is -0.739. The molecule has 1 aromatic carbocycles. The van der Waals surface area contributed by atoms with E-state index in [4.69, 9.17) is 9.84 Å². The molecule has 1 N–H and O–H groups in total. The Balaban J connectivity index is 3.20. The normalized spacial score (nSPS) is 13.1. The number of aliphatic carboxylic acids is 1. The highest BCUT2D eigenvalue weighted by Crippen LogP contribution is 2.35. The van der Waals surface area contributed by atoms with Crippen molar-refractivity contribution in [1.29, 1.82) is 0 Å². The summed E-state index contributed by atoms with van der Waals surface area (Å²) < 4.78 is 5.43. The molecule has 20 heavy (non-hydrogen) atoms. The average molecular weight is 278 g/mol. The quantitative estimate of drug-likeness (QED) is 0.841. The minimum Gasteiger partial charge on any atom is -0.496 e. The number of rotatable bonds is 6. The summed E-state index contributed by atoms with van der Waals surface area (Å²) in [4.78, 5) is 11.0. The minimum absolute atomic E-state index is 0.0264. The van der Waals surface area contributed by atoms with Crippen LogP contribution in [0.3, 0.4) is 0 Å². The fourth-order valence-corrected chi connectivity index (χ4v) is 2.51. The Morgan fingerprint density at radius 3 is 2.45 bits per heavy atom. The standard InChI is InChI=1S/C17H26O3/c1-6-7-12(11-16(18)19)13-8-9-15(20-5)14(10-13)17(2,3)4/h8-10,12H,6-7,11H2,1-5H3,(H,18,19). The zero-order valence-electron chi connectivity index (χ0n) is 13.2. The summed E-state index contributed by atoms with van der Waals surface area (Å²) >= 11 is 0. The van der Waals surface area contributed by atoms with Gasteiger partial charge in [-0.1, -0.05) is 46.2 Å². The Kier molecular flexibility index (Phi) is 5.61. The molecule has 0 spiro atoms. The zero-order valence-corrected chi connectivity index (χ0v) is 13.2. The predicted molar refractivity (Wildman–Crippen MR) is 81.6 cm³/mol. The largest absolute Gasteiger partial charge is 0.496 e. The number of hydrogen-bond donors (Lipinski definition) is 1. The van der Waals surface area contributed by atoms with Gasteiger partial charge in [-0.15, -0.1) is 0 Å². The van der Waals surface area contributed by atoms with Crippen molar-refractivity contribution < 1.29 is 14.6 Å². The highest BCUT2D eigenvalue weighted by Gasteiger charge is 2.22. The van der Waals surface area contributed by atoms with Crippen LogP contribution in [0.15, 0.2) is 18.2 Å². The third-order valence-electron chi connectivity index (χ3n) is 3.56. The lowest BCUT2D eigenvalue weighted by Gasteiger charge is -2.24. The van der Waals surface area contributed by atoms with Crippen molar-refractivity contribution in [3.8, 4) is 5.75 Å². The number of methoxy groups -OCH3 is 1. The predicted octanol–water partition coefficient (Wildman–Crippen LogP) is 4.35. The van der Waals surface area contributed by atoms with Gasteiger partial charge in [0, 0.05) is 0 Å². The van der Waals surface area contributed by atoms with Gasteiger partial charge in [0.2, 0.25) is 0 Å². The van der Waals surface area contributed by atoms with E-state index >= 15 is 0 Å². The van der Waals surface area contributed by atoms with E-state index in [1.165, 1.54) is 0 Å². The van der Waals surface area contributed by atoms with Gasteiger partial charge in [0.25, 0.3) is 0 Å². The SMILES string of the molecule is CCCC(CC(=O)O)c1ccc(OC)c(C(C)(C)C)c1. The molecule has 0 heterocycles. The van der Waals surface area contributed by atoms with Crippen LogP contribution in [0.5, 0.6) is 5.75 Å². The van der Waals surface area contributed by atoms with Crippen LogP contribution < -0.4 is 4.74 Å². The molecule has 3 heteroatoms. The number of benzene rings is 1. The highest BCUT2D eigenvalue weighted by atomic mass is 16.5. The molecule has 0 fully saturated rings. The lowest BCUT2D eigenvalue weighted by atomic mass is 9.82. The van der Waals surface area contributed by atoms with Gasteiger partial charge in [-0.25, -0.2) is 0 Å². The third-order valence-corrected chi connectivity index (χ3v) is 3.56. The molecule has 0 radical (unpaired) electrons. The molecule has 0 saturated carbocycles. The maximum absolute atomic E-state index is 11.0. The molecule has 0 aromatic heterocycles. The number of carboxylic acid groups (broad SMARTS) is 1. The van der Waals surface area contributed by atoms with Crippen LogP contribution in [0.25, 0.3) is 0 Å². The lowest BCUT2D eigenvalue weighted by molar-refractivity contribution is -0.137. The van der Waals surface area contributed by atoms with Gasteiger partial charge in [-0.3, -0.25) is 4.79 Å².